The van der Waals surface area contributed by atoms with Gasteiger partial charge in [0, 0.05) is 29.7 Å². The van der Waals surface area contributed by atoms with E-state index < -0.39 is 0 Å². The van der Waals surface area contributed by atoms with Gasteiger partial charge in [0.1, 0.15) is 6.04 Å². The number of aromatic nitrogens is 1. The average Bonchev–Trinajstić information content (AvgIpc) is 2.58. The first-order valence-corrected chi connectivity index (χ1v) is 5.25. The molecule has 1 atom stereocenters. The summed E-state index contributed by atoms with van der Waals surface area (Å²) in [5.41, 5.74) is 2.24. The molecule has 2 rings (SSSR count). The lowest BCUT2D eigenvalue weighted by Gasteiger charge is -2.16. The van der Waals surface area contributed by atoms with E-state index in [0.717, 1.165) is 10.9 Å². The van der Waals surface area contributed by atoms with Crippen molar-refractivity contribution < 1.29 is 0 Å². The molecule has 0 bridgehead atoms. The van der Waals surface area contributed by atoms with Crippen molar-refractivity contribution in [3.63, 3.8) is 0 Å². The summed E-state index contributed by atoms with van der Waals surface area (Å²) in [7, 11) is 5.86. The maximum atomic E-state index is 9.22. The minimum absolute atomic E-state index is 0.189. The van der Waals surface area contributed by atoms with Crippen molar-refractivity contribution >= 4 is 10.9 Å². The van der Waals surface area contributed by atoms with Crippen molar-refractivity contribution in [2.24, 2.45) is 7.05 Å². The molecule has 1 aromatic heterocycles. The first-order chi connectivity index (χ1) is 7.65. The Bertz CT molecular complexity index is 546. The van der Waals surface area contributed by atoms with E-state index >= 15 is 0 Å². The third kappa shape index (κ3) is 1.58. The van der Waals surface area contributed by atoms with Gasteiger partial charge >= 0.3 is 0 Å². The van der Waals surface area contributed by atoms with Crippen molar-refractivity contribution in [2.75, 3.05) is 14.1 Å². The number of para-hydroxylation sites is 1. The molecule has 0 N–H and O–H groups in total. The highest BCUT2D eigenvalue weighted by Gasteiger charge is 2.17. The monoisotopic (exact) mass is 213 g/mol. The van der Waals surface area contributed by atoms with Crippen LogP contribution < -0.4 is 0 Å². The van der Waals surface area contributed by atoms with Crippen LogP contribution in [-0.4, -0.2) is 23.6 Å². The van der Waals surface area contributed by atoms with E-state index in [2.05, 4.69) is 22.8 Å². The summed E-state index contributed by atoms with van der Waals surface area (Å²) in [6.45, 7) is 0. The van der Waals surface area contributed by atoms with Crippen molar-refractivity contribution in [2.45, 2.75) is 6.04 Å². The summed E-state index contributed by atoms with van der Waals surface area (Å²) in [4.78, 5) is 1.93. The van der Waals surface area contributed by atoms with Crippen LogP contribution in [0.15, 0.2) is 30.5 Å². The molecule has 3 heteroatoms. The van der Waals surface area contributed by atoms with Crippen LogP contribution in [0, 0.1) is 11.3 Å². The number of nitriles is 1. The minimum atomic E-state index is -0.189. The zero-order chi connectivity index (χ0) is 11.7. The van der Waals surface area contributed by atoms with Crippen molar-refractivity contribution in [1.82, 2.24) is 9.47 Å². The van der Waals surface area contributed by atoms with Crippen LogP contribution in [0.25, 0.3) is 10.9 Å². The van der Waals surface area contributed by atoms with Crippen LogP contribution in [0.4, 0.5) is 0 Å². The zero-order valence-corrected chi connectivity index (χ0v) is 9.81. The molecule has 16 heavy (non-hydrogen) atoms. The van der Waals surface area contributed by atoms with Crippen molar-refractivity contribution in [3.05, 3.63) is 36.0 Å². The zero-order valence-electron chi connectivity index (χ0n) is 9.81. The molecule has 82 valence electrons. The molecule has 0 aliphatic carbocycles. The highest BCUT2D eigenvalue weighted by molar-refractivity contribution is 5.84. The Labute approximate surface area is 95.5 Å². The molecule has 0 unspecified atom stereocenters. The Morgan fingerprint density at radius 2 is 2.00 bits per heavy atom. The first kappa shape index (κ1) is 10.7. The standard InChI is InChI=1S/C13H15N3/c1-15(2)13(8-14)11-9-16(3)12-7-5-4-6-10(11)12/h4-7,9,13H,1-3H3/t13-/m0/s1. The van der Waals surface area contributed by atoms with Gasteiger partial charge < -0.3 is 4.57 Å². The molecule has 0 radical (unpaired) electrons. The van der Waals surface area contributed by atoms with Crippen LogP contribution in [0.5, 0.6) is 0 Å². The van der Waals surface area contributed by atoms with Crippen LogP contribution in [-0.2, 0) is 7.05 Å². The molecule has 0 amide bonds. The van der Waals surface area contributed by atoms with E-state index in [-0.39, 0.29) is 6.04 Å². The molecule has 0 saturated heterocycles. The second-order valence-electron chi connectivity index (χ2n) is 4.21. The average molecular weight is 213 g/mol. The minimum Gasteiger partial charge on any atom is -0.350 e. The van der Waals surface area contributed by atoms with Gasteiger partial charge in [-0.2, -0.15) is 5.26 Å². The van der Waals surface area contributed by atoms with Crippen LogP contribution in [0.1, 0.15) is 11.6 Å². The van der Waals surface area contributed by atoms with Gasteiger partial charge in [0.15, 0.2) is 0 Å². The Balaban J connectivity index is 2.66. The summed E-state index contributed by atoms with van der Waals surface area (Å²) in [6, 6.07) is 10.3. The summed E-state index contributed by atoms with van der Waals surface area (Å²) in [5.74, 6) is 0. The summed E-state index contributed by atoms with van der Waals surface area (Å²) in [6.07, 6.45) is 2.04. The van der Waals surface area contributed by atoms with Gasteiger partial charge in [0.25, 0.3) is 0 Å². The fraction of sp³-hybridized carbons (Fsp3) is 0.308. The number of fused-ring (bicyclic) bond motifs is 1. The molecule has 2 aromatic rings. The lowest BCUT2D eigenvalue weighted by Crippen LogP contribution is -2.17. The van der Waals surface area contributed by atoms with Gasteiger partial charge in [-0.1, -0.05) is 18.2 Å². The van der Waals surface area contributed by atoms with Crippen molar-refractivity contribution in [1.29, 1.82) is 5.26 Å². The smallest absolute Gasteiger partial charge is 0.125 e. The maximum absolute atomic E-state index is 9.22. The molecule has 0 aliphatic heterocycles. The van der Waals surface area contributed by atoms with E-state index in [4.69, 9.17) is 0 Å². The second kappa shape index (κ2) is 3.99. The fourth-order valence-corrected chi connectivity index (χ4v) is 2.05. The third-order valence-corrected chi connectivity index (χ3v) is 2.86. The SMILES string of the molecule is CN(C)[C@@H](C#N)c1cn(C)c2ccccc12. The van der Waals surface area contributed by atoms with Crippen LogP contribution in [0.3, 0.4) is 0 Å². The van der Waals surface area contributed by atoms with Crippen LogP contribution in [0.2, 0.25) is 0 Å². The molecular formula is C13H15N3. The van der Waals surface area contributed by atoms with E-state index in [1.165, 1.54) is 5.52 Å². The quantitative estimate of drug-likeness (QED) is 0.766. The summed E-state index contributed by atoms with van der Waals surface area (Å²) < 4.78 is 2.07. The lowest BCUT2D eigenvalue weighted by molar-refractivity contribution is 0.359. The van der Waals surface area contributed by atoms with Gasteiger partial charge in [0.05, 0.1) is 6.07 Å². The molecule has 0 aliphatic rings. The second-order valence-corrected chi connectivity index (χ2v) is 4.21. The summed E-state index contributed by atoms with van der Waals surface area (Å²) >= 11 is 0. The molecule has 3 nitrogen and oxygen atoms in total. The number of hydrogen-bond acceptors (Lipinski definition) is 2. The number of aryl methyl sites for hydroxylation is 1. The topological polar surface area (TPSA) is 32.0 Å². The van der Waals surface area contributed by atoms with Gasteiger partial charge in [-0.25, -0.2) is 0 Å². The van der Waals surface area contributed by atoms with Gasteiger partial charge in [-0.15, -0.1) is 0 Å². The fourth-order valence-electron chi connectivity index (χ4n) is 2.05. The van der Waals surface area contributed by atoms with E-state index in [9.17, 15) is 5.26 Å². The molecule has 1 aromatic carbocycles. The predicted molar refractivity (Wildman–Crippen MR) is 65.0 cm³/mol. The number of hydrogen-bond donors (Lipinski definition) is 0. The van der Waals surface area contributed by atoms with Crippen molar-refractivity contribution in [3.8, 4) is 6.07 Å². The van der Waals surface area contributed by atoms with Gasteiger partial charge in [-0.3, -0.25) is 4.90 Å². The molecular weight excluding hydrogens is 198 g/mol. The normalized spacial score (nSPS) is 12.9. The lowest BCUT2D eigenvalue weighted by atomic mass is 10.1. The molecule has 0 fully saturated rings. The van der Waals surface area contributed by atoms with Gasteiger partial charge in [-0.05, 0) is 20.2 Å². The highest BCUT2D eigenvalue weighted by atomic mass is 15.1. The predicted octanol–water partition coefficient (Wildman–Crippen LogP) is 2.30. The van der Waals surface area contributed by atoms with E-state index in [1.807, 2.05) is 44.4 Å². The Morgan fingerprint density at radius 1 is 1.31 bits per heavy atom. The van der Waals surface area contributed by atoms with E-state index in [1.54, 1.807) is 0 Å². The molecule has 0 spiro atoms. The molecule has 1 heterocycles. The molecule has 0 saturated carbocycles. The number of nitrogens with zero attached hydrogens (tertiary/aromatic N) is 3. The highest BCUT2D eigenvalue weighted by Crippen LogP contribution is 2.27. The largest absolute Gasteiger partial charge is 0.350 e. The number of benzene rings is 1. The van der Waals surface area contributed by atoms with Gasteiger partial charge in [0.2, 0.25) is 0 Å². The number of rotatable bonds is 2. The Hall–Kier alpha value is -1.79. The maximum Gasteiger partial charge on any atom is 0.125 e. The van der Waals surface area contributed by atoms with Crippen LogP contribution >= 0.6 is 0 Å². The van der Waals surface area contributed by atoms with E-state index in [0.29, 0.717) is 0 Å². The first-order valence-electron chi connectivity index (χ1n) is 5.25. The Morgan fingerprint density at radius 3 is 2.62 bits per heavy atom. The Kier molecular flexibility index (Phi) is 2.67. The third-order valence-electron chi connectivity index (χ3n) is 2.86. The summed E-state index contributed by atoms with van der Waals surface area (Å²) in [5, 5.41) is 10.4.